The van der Waals surface area contributed by atoms with Gasteiger partial charge in [0, 0.05) is 17.9 Å². The molecular weight excluding hydrogens is 379 g/mol. The average molecular weight is 401 g/mol. The predicted molar refractivity (Wildman–Crippen MR) is 101 cm³/mol. The molecule has 2 rings (SSSR count). The van der Waals surface area contributed by atoms with Crippen molar-refractivity contribution in [3.05, 3.63) is 33.8 Å². The minimum absolute atomic E-state index is 0.140. The number of carbonyl (C=O) groups is 2. The topological polar surface area (TPSA) is 77.0 Å². The van der Waals surface area contributed by atoms with Crippen LogP contribution in [-0.4, -0.2) is 36.3 Å². The van der Waals surface area contributed by atoms with E-state index in [9.17, 15) is 9.59 Å². The van der Waals surface area contributed by atoms with Gasteiger partial charge in [-0.25, -0.2) is 4.79 Å². The molecule has 0 radical (unpaired) electrons. The maximum absolute atomic E-state index is 12.4. The number of rotatable bonds is 7. The summed E-state index contributed by atoms with van der Waals surface area (Å²) in [5.74, 6) is -0.594. The Morgan fingerprint density at radius 1 is 1.38 bits per heavy atom. The number of halogens is 2. The molecule has 8 heteroatoms. The van der Waals surface area contributed by atoms with Gasteiger partial charge in [-0.3, -0.25) is 4.79 Å². The van der Waals surface area contributed by atoms with E-state index in [1.165, 1.54) is 6.07 Å². The Bertz CT molecular complexity index is 721. The van der Waals surface area contributed by atoms with E-state index < -0.39 is 11.6 Å². The molecule has 0 bridgehead atoms. The van der Waals surface area contributed by atoms with Gasteiger partial charge < -0.3 is 14.9 Å². The van der Waals surface area contributed by atoms with Crippen LogP contribution in [0.2, 0.25) is 10.0 Å². The highest BCUT2D eigenvalue weighted by Gasteiger charge is 2.48. The van der Waals surface area contributed by atoms with Crippen molar-refractivity contribution < 1.29 is 19.2 Å². The molecule has 0 aliphatic carbocycles. The molecular formula is C18H22Cl2N2O4. The van der Waals surface area contributed by atoms with Crippen molar-refractivity contribution in [3.8, 4) is 0 Å². The molecule has 0 saturated heterocycles. The van der Waals surface area contributed by atoms with Crippen LogP contribution in [0.4, 0.5) is 0 Å². The molecule has 142 valence electrons. The molecule has 0 aromatic heterocycles. The van der Waals surface area contributed by atoms with Gasteiger partial charge in [-0.2, -0.15) is 0 Å². The molecule has 1 N–H and O–H groups in total. The number of benzene rings is 1. The Kier molecular flexibility index (Phi) is 6.89. The van der Waals surface area contributed by atoms with Crippen LogP contribution >= 0.6 is 23.2 Å². The fourth-order valence-electron chi connectivity index (χ4n) is 2.81. The molecule has 1 aromatic carbocycles. The van der Waals surface area contributed by atoms with Crippen LogP contribution in [0, 0.1) is 5.92 Å². The first-order chi connectivity index (χ1) is 12.3. The summed E-state index contributed by atoms with van der Waals surface area (Å²) < 4.78 is 5.15. The molecule has 1 aliphatic heterocycles. The second kappa shape index (κ2) is 8.73. The molecule has 1 aromatic rings. The predicted octanol–water partition coefficient (Wildman–Crippen LogP) is 3.85. The minimum atomic E-state index is -1.13. The van der Waals surface area contributed by atoms with E-state index >= 15 is 0 Å². The SMILES string of the molecule is CCOC(=O)C1(CC(C)C)CC(CNC(=O)c2cc(Cl)ccc2Cl)=NO1. The number of nitrogens with zero attached hydrogens (tertiary/aromatic N) is 1. The smallest absolute Gasteiger partial charge is 0.353 e. The number of amides is 1. The molecule has 1 heterocycles. The molecule has 0 saturated carbocycles. The van der Waals surface area contributed by atoms with E-state index in [2.05, 4.69) is 10.5 Å². The van der Waals surface area contributed by atoms with E-state index in [1.54, 1.807) is 19.1 Å². The van der Waals surface area contributed by atoms with Crippen LogP contribution in [0.15, 0.2) is 23.4 Å². The Morgan fingerprint density at radius 2 is 2.12 bits per heavy atom. The maximum atomic E-state index is 12.4. The number of hydrogen-bond donors (Lipinski definition) is 1. The van der Waals surface area contributed by atoms with Crippen LogP contribution in [0.3, 0.4) is 0 Å². The molecule has 1 aliphatic rings. The third-order valence-electron chi connectivity index (χ3n) is 3.85. The quantitative estimate of drug-likeness (QED) is 0.705. The van der Waals surface area contributed by atoms with E-state index in [-0.39, 0.29) is 37.0 Å². The number of carbonyl (C=O) groups excluding carboxylic acids is 2. The van der Waals surface area contributed by atoms with Gasteiger partial charge >= 0.3 is 5.97 Å². The molecule has 0 fully saturated rings. The number of ether oxygens (including phenoxy) is 1. The van der Waals surface area contributed by atoms with Gasteiger partial charge in [0.25, 0.3) is 5.91 Å². The third kappa shape index (κ3) is 4.89. The lowest BCUT2D eigenvalue weighted by Crippen LogP contribution is -2.42. The van der Waals surface area contributed by atoms with E-state index in [0.29, 0.717) is 22.2 Å². The van der Waals surface area contributed by atoms with Gasteiger partial charge in [-0.05, 0) is 31.0 Å². The van der Waals surface area contributed by atoms with Crippen molar-refractivity contribution in [2.45, 2.75) is 39.2 Å². The summed E-state index contributed by atoms with van der Waals surface area (Å²) in [6.45, 7) is 6.13. The Hall–Kier alpha value is -1.79. The van der Waals surface area contributed by atoms with Gasteiger partial charge in [0.1, 0.15) is 0 Å². The Balaban J connectivity index is 2.01. The van der Waals surface area contributed by atoms with E-state index in [1.807, 2.05) is 13.8 Å². The third-order valence-corrected chi connectivity index (χ3v) is 4.42. The summed E-state index contributed by atoms with van der Waals surface area (Å²) in [5, 5.41) is 7.44. The van der Waals surface area contributed by atoms with Crippen LogP contribution in [0.25, 0.3) is 0 Å². The van der Waals surface area contributed by atoms with Gasteiger partial charge in [-0.1, -0.05) is 42.2 Å². The van der Waals surface area contributed by atoms with Gasteiger partial charge in [0.05, 0.1) is 29.4 Å². The monoisotopic (exact) mass is 400 g/mol. The fourth-order valence-corrected chi connectivity index (χ4v) is 3.19. The fraction of sp³-hybridized carbons (Fsp3) is 0.500. The normalized spacial score (nSPS) is 19.1. The number of esters is 1. The maximum Gasteiger partial charge on any atom is 0.353 e. The highest BCUT2D eigenvalue weighted by Crippen LogP contribution is 2.32. The molecule has 26 heavy (non-hydrogen) atoms. The number of oxime groups is 1. The first-order valence-corrected chi connectivity index (χ1v) is 9.17. The van der Waals surface area contributed by atoms with Crippen LogP contribution in [0.1, 0.15) is 44.0 Å². The van der Waals surface area contributed by atoms with E-state index in [0.717, 1.165) is 0 Å². The van der Waals surface area contributed by atoms with Crippen LogP contribution < -0.4 is 5.32 Å². The highest BCUT2D eigenvalue weighted by molar-refractivity contribution is 6.35. The van der Waals surface area contributed by atoms with Crippen LogP contribution in [0.5, 0.6) is 0 Å². The van der Waals surface area contributed by atoms with Crippen LogP contribution in [-0.2, 0) is 14.4 Å². The summed E-state index contributed by atoms with van der Waals surface area (Å²) in [4.78, 5) is 30.1. The number of nitrogens with one attached hydrogen (secondary N) is 1. The average Bonchev–Trinajstić information content (AvgIpc) is 2.98. The highest BCUT2D eigenvalue weighted by atomic mass is 35.5. The molecule has 1 atom stereocenters. The minimum Gasteiger partial charge on any atom is -0.463 e. The van der Waals surface area contributed by atoms with Gasteiger partial charge in [-0.15, -0.1) is 0 Å². The largest absolute Gasteiger partial charge is 0.463 e. The zero-order valence-corrected chi connectivity index (χ0v) is 16.5. The summed E-state index contributed by atoms with van der Waals surface area (Å²) in [5.41, 5.74) is -0.291. The zero-order valence-electron chi connectivity index (χ0n) is 15.0. The second-order valence-corrected chi connectivity index (χ2v) is 7.39. The lowest BCUT2D eigenvalue weighted by atomic mass is 9.88. The van der Waals surface area contributed by atoms with Crippen molar-refractivity contribution in [3.63, 3.8) is 0 Å². The van der Waals surface area contributed by atoms with Gasteiger partial charge in [0.2, 0.25) is 5.60 Å². The standard InChI is InChI=1S/C18H22Cl2N2O4/c1-4-25-17(24)18(8-11(2)3)9-13(22-26-18)10-21-16(23)14-7-12(19)5-6-15(14)20/h5-7,11H,4,8-10H2,1-3H3,(H,21,23). The summed E-state index contributed by atoms with van der Waals surface area (Å²) in [6.07, 6.45) is 0.750. The Morgan fingerprint density at radius 3 is 2.77 bits per heavy atom. The molecule has 1 amide bonds. The van der Waals surface area contributed by atoms with Crippen molar-refractivity contribution in [2.24, 2.45) is 11.1 Å². The molecule has 0 spiro atoms. The molecule has 6 nitrogen and oxygen atoms in total. The first kappa shape index (κ1) is 20.5. The number of hydrogen-bond acceptors (Lipinski definition) is 5. The Labute approximate surface area is 162 Å². The lowest BCUT2D eigenvalue weighted by molar-refractivity contribution is -0.171. The summed E-state index contributed by atoms with van der Waals surface area (Å²) in [7, 11) is 0. The van der Waals surface area contributed by atoms with E-state index in [4.69, 9.17) is 32.8 Å². The second-order valence-electron chi connectivity index (χ2n) is 6.55. The molecule has 1 unspecified atom stereocenters. The first-order valence-electron chi connectivity index (χ1n) is 8.42. The lowest BCUT2D eigenvalue weighted by Gasteiger charge is -2.25. The zero-order chi connectivity index (χ0) is 19.3. The van der Waals surface area contributed by atoms with Crippen molar-refractivity contribution in [1.82, 2.24) is 5.32 Å². The van der Waals surface area contributed by atoms with Crippen molar-refractivity contribution >= 4 is 40.8 Å². The summed E-state index contributed by atoms with van der Waals surface area (Å²) in [6, 6.07) is 4.66. The van der Waals surface area contributed by atoms with Crippen molar-refractivity contribution in [1.29, 1.82) is 0 Å². The van der Waals surface area contributed by atoms with Gasteiger partial charge in [0.15, 0.2) is 0 Å². The summed E-state index contributed by atoms with van der Waals surface area (Å²) >= 11 is 11.9. The van der Waals surface area contributed by atoms with Crippen molar-refractivity contribution in [2.75, 3.05) is 13.2 Å².